The molecule has 0 saturated carbocycles. The second kappa shape index (κ2) is 6.90. The van der Waals surface area contributed by atoms with Crippen LogP contribution in [0.1, 0.15) is 35.6 Å². The fourth-order valence-corrected chi connectivity index (χ4v) is 5.18. The number of hydrogen-bond acceptors (Lipinski definition) is 3. The molecule has 146 valence electrons. The summed E-state index contributed by atoms with van der Waals surface area (Å²) in [6, 6.07) is 18.3. The predicted octanol–water partition coefficient (Wildman–Crippen LogP) is 3.88. The number of piperidine rings is 3. The summed E-state index contributed by atoms with van der Waals surface area (Å²) in [7, 11) is 0. The molecule has 5 nitrogen and oxygen atoms in total. The number of amides is 1. The lowest BCUT2D eigenvalue weighted by molar-refractivity contribution is -0.900. The van der Waals surface area contributed by atoms with Crippen molar-refractivity contribution < 1.29 is 14.2 Å². The molecule has 2 aromatic rings. The summed E-state index contributed by atoms with van der Waals surface area (Å²) in [5, 5.41) is 12.7. The Balaban J connectivity index is 1.42. The molecule has 3 saturated heterocycles. The van der Waals surface area contributed by atoms with E-state index < -0.39 is 0 Å². The monoisotopic (exact) mass is 378 g/mol. The number of fused-ring (bicyclic) bond motifs is 4. The molecule has 28 heavy (non-hydrogen) atoms. The average molecular weight is 378 g/mol. The molecule has 5 heteroatoms. The maximum atomic E-state index is 13.2. The van der Waals surface area contributed by atoms with Gasteiger partial charge in [0.2, 0.25) is 0 Å². The molecule has 0 aliphatic carbocycles. The summed E-state index contributed by atoms with van der Waals surface area (Å²) >= 11 is 0. The third-order valence-electron chi connectivity index (χ3n) is 6.74. The zero-order valence-electron chi connectivity index (χ0n) is 16.0. The minimum Gasteiger partial charge on any atom is -0.633 e. The highest BCUT2D eigenvalue weighted by molar-refractivity contribution is 5.70. The van der Waals surface area contributed by atoms with E-state index in [1.54, 1.807) is 0 Å². The van der Waals surface area contributed by atoms with Gasteiger partial charge in [0.05, 0.1) is 19.1 Å². The Hall–Kier alpha value is -2.37. The first-order valence-electron chi connectivity index (χ1n) is 10.3. The lowest BCUT2D eigenvalue weighted by Crippen LogP contribution is -2.61. The number of benzene rings is 2. The molecule has 3 fully saturated rings. The molecule has 2 aromatic carbocycles. The Labute approximate surface area is 165 Å². The van der Waals surface area contributed by atoms with Crippen LogP contribution >= 0.6 is 0 Å². The summed E-state index contributed by atoms with van der Waals surface area (Å²) in [4.78, 5) is 15.1. The van der Waals surface area contributed by atoms with Crippen molar-refractivity contribution in [1.82, 2.24) is 4.90 Å². The van der Waals surface area contributed by atoms with Crippen LogP contribution in [0.5, 0.6) is 0 Å². The van der Waals surface area contributed by atoms with Crippen LogP contribution in [0.4, 0.5) is 4.79 Å². The SMILES string of the molecule is O=C(O[C@@H]1C[N+]2([O-])CCC1CC2)N1CCc2ccccc2[C@@H]1c1ccccc1. The summed E-state index contributed by atoms with van der Waals surface area (Å²) < 4.78 is 5.77. The fourth-order valence-electron chi connectivity index (χ4n) is 5.18. The number of hydroxylamine groups is 3. The molecule has 0 spiro atoms. The van der Waals surface area contributed by atoms with Crippen molar-refractivity contribution in [1.29, 1.82) is 0 Å². The Morgan fingerprint density at radius 2 is 1.75 bits per heavy atom. The number of ether oxygens (including phenoxy) is 1. The van der Waals surface area contributed by atoms with Gasteiger partial charge in [-0.05, 0) is 23.1 Å². The molecule has 0 radical (unpaired) electrons. The number of nitrogens with zero attached hydrogens (tertiary/aromatic N) is 2. The summed E-state index contributed by atoms with van der Waals surface area (Å²) in [6.45, 7) is 2.38. The Morgan fingerprint density at radius 3 is 2.50 bits per heavy atom. The van der Waals surface area contributed by atoms with Crippen molar-refractivity contribution in [2.45, 2.75) is 31.4 Å². The standard InChI is InChI=1S/C23H26N2O3/c26-23(28-21-16-25(27)14-11-18(21)12-15-25)24-13-10-17-6-4-5-9-20(17)22(24)19-7-2-1-3-8-19/h1-9,18,21-22H,10-16H2/t18?,21-,22+,25?/m1/s1. The minimum absolute atomic E-state index is 0.143. The highest BCUT2D eigenvalue weighted by Crippen LogP contribution is 2.38. The lowest BCUT2D eigenvalue weighted by Gasteiger charge is -2.55. The van der Waals surface area contributed by atoms with E-state index in [0.29, 0.717) is 32.1 Å². The van der Waals surface area contributed by atoms with Gasteiger partial charge in [0.15, 0.2) is 6.10 Å². The van der Waals surface area contributed by atoms with Crippen molar-refractivity contribution in [3.63, 3.8) is 0 Å². The van der Waals surface area contributed by atoms with Crippen molar-refractivity contribution in [3.05, 3.63) is 76.5 Å². The van der Waals surface area contributed by atoms with Crippen molar-refractivity contribution >= 4 is 6.09 Å². The van der Waals surface area contributed by atoms with E-state index in [9.17, 15) is 10.0 Å². The van der Waals surface area contributed by atoms with E-state index in [2.05, 4.69) is 30.3 Å². The van der Waals surface area contributed by atoms with Crippen LogP contribution in [-0.2, 0) is 11.2 Å². The molecule has 4 aliphatic rings. The van der Waals surface area contributed by atoms with Crippen LogP contribution in [0.15, 0.2) is 54.6 Å². The molecule has 2 bridgehead atoms. The van der Waals surface area contributed by atoms with Gasteiger partial charge in [0.25, 0.3) is 0 Å². The largest absolute Gasteiger partial charge is 0.633 e. The maximum absolute atomic E-state index is 13.2. The van der Waals surface area contributed by atoms with Crippen molar-refractivity contribution in [2.24, 2.45) is 5.92 Å². The first-order valence-corrected chi connectivity index (χ1v) is 10.3. The van der Waals surface area contributed by atoms with Crippen LogP contribution in [0.2, 0.25) is 0 Å². The highest BCUT2D eigenvalue weighted by atomic mass is 16.6. The van der Waals surface area contributed by atoms with E-state index in [1.165, 1.54) is 5.56 Å². The Kier molecular flexibility index (Phi) is 4.37. The zero-order valence-corrected chi connectivity index (χ0v) is 16.0. The number of carbonyl (C=O) groups excluding carboxylic acids is 1. The molecule has 0 unspecified atom stereocenters. The number of carbonyl (C=O) groups is 1. The number of quaternary nitrogens is 1. The Bertz CT molecular complexity index is 861. The first-order chi connectivity index (χ1) is 13.6. The van der Waals surface area contributed by atoms with Crippen LogP contribution < -0.4 is 0 Å². The third-order valence-corrected chi connectivity index (χ3v) is 6.74. The molecule has 4 aliphatic heterocycles. The minimum atomic E-state index is -0.284. The van der Waals surface area contributed by atoms with Gasteiger partial charge in [-0.1, -0.05) is 54.6 Å². The molecule has 1 amide bonds. The van der Waals surface area contributed by atoms with Crippen molar-refractivity contribution in [3.8, 4) is 0 Å². The molecular weight excluding hydrogens is 352 g/mol. The van der Waals surface area contributed by atoms with E-state index in [-0.39, 0.29) is 22.9 Å². The van der Waals surface area contributed by atoms with E-state index in [0.717, 1.165) is 30.4 Å². The van der Waals surface area contributed by atoms with E-state index in [4.69, 9.17) is 4.74 Å². The van der Waals surface area contributed by atoms with E-state index in [1.807, 2.05) is 29.2 Å². The van der Waals surface area contributed by atoms with Crippen LogP contribution in [0.3, 0.4) is 0 Å². The van der Waals surface area contributed by atoms with Gasteiger partial charge in [-0.25, -0.2) is 4.79 Å². The second-order valence-electron chi connectivity index (χ2n) is 8.40. The topological polar surface area (TPSA) is 52.6 Å². The second-order valence-corrected chi connectivity index (χ2v) is 8.40. The molecule has 0 aromatic heterocycles. The van der Waals surface area contributed by atoms with Gasteiger partial charge >= 0.3 is 6.09 Å². The Morgan fingerprint density at radius 1 is 1.04 bits per heavy atom. The summed E-state index contributed by atoms with van der Waals surface area (Å²) in [5.41, 5.74) is 3.54. The van der Waals surface area contributed by atoms with Gasteiger partial charge in [0.1, 0.15) is 6.54 Å². The number of rotatable bonds is 2. The molecule has 0 N–H and O–H groups in total. The smallest absolute Gasteiger partial charge is 0.411 e. The number of hydrogen-bond donors (Lipinski definition) is 0. The predicted molar refractivity (Wildman–Crippen MR) is 106 cm³/mol. The van der Waals surface area contributed by atoms with Gasteiger partial charge in [-0.2, -0.15) is 0 Å². The van der Waals surface area contributed by atoms with Gasteiger partial charge in [0, 0.05) is 25.3 Å². The third kappa shape index (κ3) is 3.09. The van der Waals surface area contributed by atoms with E-state index >= 15 is 0 Å². The van der Waals surface area contributed by atoms with Gasteiger partial charge in [-0.3, -0.25) is 4.90 Å². The summed E-state index contributed by atoms with van der Waals surface area (Å²) in [6.07, 6.45) is 2.03. The quantitative estimate of drug-likeness (QED) is 0.589. The lowest BCUT2D eigenvalue weighted by atomic mass is 9.85. The maximum Gasteiger partial charge on any atom is 0.411 e. The molecule has 2 atom stereocenters. The first kappa shape index (κ1) is 17.7. The van der Waals surface area contributed by atoms with Crippen LogP contribution in [0, 0.1) is 11.1 Å². The molecule has 6 rings (SSSR count). The van der Waals surface area contributed by atoms with Crippen LogP contribution in [-0.4, -0.2) is 47.9 Å². The van der Waals surface area contributed by atoms with Crippen LogP contribution in [0.25, 0.3) is 0 Å². The molecular formula is C23H26N2O3. The molecule has 4 heterocycles. The highest BCUT2D eigenvalue weighted by Gasteiger charge is 2.44. The van der Waals surface area contributed by atoms with Crippen molar-refractivity contribution in [2.75, 3.05) is 26.2 Å². The normalized spacial score (nSPS) is 31.3. The van der Waals surface area contributed by atoms with Gasteiger partial charge in [-0.15, -0.1) is 0 Å². The van der Waals surface area contributed by atoms with Gasteiger partial charge < -0.3 is 14.6 Å². The zero-order chi connectivity index (χ0) is 19.1. The average Bonchev–Trinajstić information content (AvgIpc) is 2.73. The fraction of sp³-hybridized carbons (Fsp3) is 0.435. The summed E-state index contributed by atoms with van der Waals surface area (Å²) in [5.74, 6) is 0.338.